The molecule has 2 N–H and O–H groups in total. The summed E-state index contributed by atoms with van der Waals surface area (Å²) in [5.74, 6) is -0.329. The number of carboxylic acid groups (broad SMARTS) is 1. The Balaban J connectivity index is 2.59. The smallest absolute Gasteiger partial charge is 0.321 e. The van der Waals surface area contributed by atoms with Crippen LogP contribution in [-0.4, -0.2) is 51.0 Å². The zero-order chi connectivity index (χ0) is 15.8. The fraction of sp³-hybridized carbons (Fsp3) is 0.429. The molecule has 0 aliphatic carbocycles. The predicted octanol–water partition coefficient (Wildman–Crippen LogP) is 1.33. The lowest BCUT2D eigenvalue weighted by Crippen LogP contribution is -2.42. The van der Waals surface area contributed by atoms with Crippen molar-refractivity contribution in [2.75, 3.05) is 32.7 Å². The number of anilines is 1. The van der Waals surface area contributed by atoms with Gasteiger partial charge in [-0.3, -0.25) is 9.69 Å². The Labute approximate surface area is 123 Å². The zero-order valence-corrected chi connectivity index (χ0v) is 12.3. The van der Waals surface area contributed by atoms with Crippen molar-refractivity contribution in [3.63, 3.8) is 0 Å². The van der Waals surface area contributed by atoms with Crippen LogP contribution in [0, 0.1) is 0 Å². The van der Waals surface area contributed by atoms with Gasteiger partial charge in [-0.25, -0.2) is 4.79 Å². The number of carbonyl (C=O) groups is 2. The minimum absolute atomic E-state index is 0.121. The van der Waals surface area contributed by atoms with Crippen LogP contribution in [0.15, 0.2) is 24.3 Å². The first-order valence-electron chi connectivity index (χ1n) is 6.38. The summed E-state index contributed by atoms with van der Waals surface area (Å²) in [7, 11) is 4.57. The van der Waals surface area contributed by atoms with Gasteiger partial charge in [0.2, 0.25) is 0 Å². The number of methoxy groups -OCH3 is 2. The Morgan fingerprint density at radius 3 is 2.67 bits per heavy atom. The summed E-state index contributed by atoms with van der Waals surface area (Å²) < 4.78 is 10.1. The van der Waals surface area contributed by atoms with E-state index < -0.39 is 12.1 Å². The highest BCUT2D eigenvalue weighted by Crippen LogP contribution is 2.19. The zero-order valence-electron chi connectivity index (χ0n) is 12.3. The molecule has 0 saturated carbocycles. The van der Waals surface area contributed by atoms with Gasteiger partial charge in [-0.05, 0) is 12.1 Å². The standard InChI is InChI=1S/C14H20N2O5/c1-16(10-5-4-6-11(7-10)20-2)14(19)15-9-12(21-3)8-13(17)18/h4-7,12H,8-9H2,1-3H3,(H,15,19)(H,17,18). The number of hydrogen-bond donors (Lipinski definition) is 2. The quantitative estimate of drug-likeness (QED) is 0.792. The molecule has 1 aromatic rings. The molecule has 0 aliphatic rings. The molecule has 1 atom stereocenters. The van der Waals surface area contributed by atoms with E-state index in [4.69, 9.17) is 14.6 Å². The molecule has 0 spiro atoms. The van der Waals surface area contributed by atoms with E-state index in [1.54, 1.807) is 38.4 Å². The van der Waals surface area contributed by atoms with Gasteiger partial charge in [0, 0.05) is 32.5 Å². The van der Waals surface area contributed by atoms with Gasteiger partial charge < -0.3 is 19.9 Å². The average Bonchev–Trinajstić information content (AvgIpc) is 2.49. The van der Waals surface area contributed by atoms with E-state index in [0.29, 0.717) is 11.4 Å². The molecule has 0 saturated heterocycles. The molecular formula is C14H20N2O5. The van der Waals surface area contributed by atoms with Crippen molar-refractivity contribution in [1.82, 2.24) is 5.32 Å². The van der Waals surface area contributed by atoms with Crippen LogP contribution in [0.3, 0.4) is 0 Å². The number of benzene rings is 1. The van der Waals surface area contributed by atoms with E-state index in [2.05, 4.69) is 5.32 Å². The minimum Gasteiger partial charge on any atom is -0.497 e. The van der Waals surface area contributed by atoms with Crippen LogP contribution in [0.4, 0.5) is 10.5 Å². The second-order valence-electron chi connectivity index (χ2n) is 4.40. The van der Waals surface area contributed by atoms with Crippen LogP contribution in [0.25, 0.3) is 0 Å². The molecule has 0 heterocycles. The summed E-state index contributed by atoms with van der Waals surface area (Å²) in [5.41, 5.74) is 0.666. The maximum absolute atomic E-state index is 12.0. The number of carbonyl (C=O) groups excluding carboxylic acids is 1. The van der Waals surface area contributed by atoms with Crippen molar-refractivity contribution >= 4 is 17.7 Å². The van der Waals surface area contributed by atoms with Crippen LogP contribution in [0.1, 0.15) is 6.42 Å². The van der Waals surface area contributed by atoms with Gasteiger partial charge in [0.05, 0.1) is 19.6 Å². The van der Waals surface area contributed by atoms with E-state index in [0.717, 1.165) is 0 Å². The van der Waals surface area contributed by atoms with E-state index in [9.17, 15) is 9.59 Å². The first-order valence-corrected chi connectivity index (χ1v) is 6.38. The van der Waals surface area contributed by atoms with Crippen LogP contribution in [0.2, 0.25) is 0 Å². The van der Waals surface area contributed by atoms with Crippen molar-refractivity contribution in [3.8, 4) is 5.75 Å². The highest BCUT2D eigenvalue weighted by atomic mass is 16.5. The molecule has 2 amide bonds. The second kappa shape index (κ2) is 8.11. The molecular weight excluding hydrogens is 276 g/mol. The second-order valence-corrected chi connectivity index (χ2v) is 4.40. The van der Waals surface area contributed by atoms with Gasteiger partial charge in [-0.15, -0.1) is 0 Å². The van der Waals surface area contributed by atoms with Gasteiger partial charge in [0.1, 0.15) is 5.75 Å². The number of hydrogen-bond acceptors (Lipinski definition) is 4. The Morgan fingerprint density at radius 1 is 1.38 bits per heavy atom. The SMILES string of the molecule is COc1cccc(N(C)C(=O)NCC(CC(=O)O)OC)c1. The summed E-state index contributed by atoms with van der Waals surface area (Å²) in [6.07, 6.45) is -0.732. The maximum atomic E-state index is 12.0. The van der Waals surface area contributed by atoms with Crippen molar-refractivity contribution < 1.29 is 24.2 Å². The normalized spacial score (nSPS) is 11.6. The van der Waals surface area contributed by atoms with Gasteiger partial charge in [0.15, 0.2) is 0 Å². The van der Waals surface area contributed by atoms with Crippen molar-refractivity contribution in [1.29, 1.82) is 0 Å². The molecule has 0 fully saturated rings. The summed E-state index contributed by atoms with van der Waals surface area (Å²) in [6.45, 7) is 0.121. The number of nitrogens with one attached hydrogen (secondary N) is 1. The largest absolute Gasteiger partial charge is 0.497 e. The fourth-order valence-corrected chi connectivity index (χ4v) is 1.69. The van der Waals surface area contributed by atoms with Crippen LogP contribution in [-0.2, 0) is 9.53 Å². The number of ether oxygens (including phenoxy) is 2. The lowest BCUT2D eigenvalue weighted by molar-refractivity contribution is -0.139. The monoisotopic (exact) mass is 296 g/mol. The van der Waals surface area contributed by atoms with E-state index in [1.807, 2.05) is 0 Å². The molecule has 0 aliphatic heterocycles. The highest BCUT2D eigenvalue weighted by Gasteiger charge is 2.16. The lowest BCUT2D eigenvalue weighted by atomic mass is 10.2. The third-order valence-corrected chi connectivity index (χ3v) is 2.96. The van der Waals surface area contributed by atoms with E-state index in [1.165, 1.54) is 12.0 Å². The molecule has 0 bridgehead atoms. The first-order chi connectivity index (χ1) is 9.97. The summed E-state index contributed by atoms with van der Waals surface area (Å²) in [5, 5.41) is 11.3. The average molecular weight is 296 g/mol. The number of nitrogens with zero attached hydrogens (tertiary/aromatic N) is 1. The van der Waals surface area contributed by atoms with Crippen molar-refractivity contribution in [2.45, 2.75) is 12.5 Å². The van der Waals surface area contributed by atoms with Gasteiger partial charge >= 0.3 is 12.0 Å². The number of aliphatic carboxylic acids is 1. The number of urea groups is 1. The van der Waals surface area contributed by atoms with Crippen LogP contribution in [0.5, 0.6) is 5.75 Å². The number of amides is 2. The molecule has 0 aromatic heterocycles. The topological polar surface area (TPSA) is 88.1 Å². The van der Waals surface area contributed by atoms with Gasteiger partial charge in [-0.1, -0.05) is 6.07 Å². The predicted molar refractivity (Wildman–Crippen MR) is 77.8 cm³/mol. The highest BCUT2D eigenvalue weighted by molar-refractivity contribution is 5.91. The number of rotatable bonds is 7. The Bertz CT molecular complexity index is 492. The maximum Gasteiger partial charge on any atom is 0.321 e. The molecule has 7 nitrogen and oxygen atoms in total. The van der Waals surface area contributed by atoms with E-state index >= 15 is 0 Å². The third kappa shape index (κ3) is 5.31. The van der Waals surface area contributed by atoms with Crippen molar-refractivity contribution in [3.05, 3.63) is 24.3 Å². The van der Waals surface area contributed by atoms with Crippen LogP contribution < -0.4 is 15.0 Å². The summed E-state index contributed by atoms with van der Waals surface area (Å²) >= 11 is 0. The minimum atomic E-state index is -0.975. The Kier molecular flexibility index (Phi) is 6.48. The Hall–Kier alpha value is -2.28. The first kappa shape index (κ1) is 16.8. The van der Waals surface area contributed by atoms with Gasteiger partial charge in [0.25, 0.3) is 0 Å². The molecule has 116 valence electrons. The van der Waals surface area contributed by atoms with Crippen molar-refractivity contribution in [2.24, 2.45) is 0 Å². The van der Waals surface area contributed by atoms with E-state index in [-0.39, 0.29) is 19.0 Å². The van der Waals surface area contributed by atoms with Gasteiger partial charge in [-0.2, -0.15) is 0 Å². The third-order valence-electron chi connectivity index (χ3n) is 2.96. The molecule has 21 heavy (non-hydrogen) atoms. The molecule has 7 heteroatoms. The molecule has 1 unspecified atom stereocenters. The summed E-state index contributed by atoms with van der Waals surface area (Å²) in [6, 6.07) is 6.71. The molecule has 1 rings (SSSR count). The molecule has 1 aromatic carbocycles. The number of carboxylic acids is 1. The Morgan fingerprint density at radius 2 is 2.10 bits per heavy atom. The lowest BCUT2D eigenvalue weighted by Gasteiger charge is -2.20. The van der Waals surface area contributed by atoms with Crippen LogP contribution >= 0.6 is 0 Å². The fourth-order valence-electron chi connectivity index (χ4n) is 1.69. The molecule has 0 radical (unpaired) electrons. The summed E-state index contributed by atoms with van der Waals surface area (Å²) in [4.78, 5) is 24.1.